The van der Waals surface area contributed by atoms with E-state index in [1.165, 1.54) is 13.8 Å². The zero-order chi connectivity index (χ0) is 12.6. The molecular weight excluding hydrogens is 236 g/mol. The molecule has 3 nitrogen and oxygen atoms in total. The molecule has 0 radical (unpaired) electrons. The van der Waals surface area contributed by atoms with Gasteiger partial charge in [-0.3, -0.25) is 0 Å². The highest BCUT2D eigenvalue weighted by Gasteiger charge is 1.95. The summed E-state index contributed by atoms with van der Waals surface area (Å²) in [5.41, 5.74) is 0.500. The van der Waals surface area contributed by atoms with Gasteiger partial charge >= 0.3 is 0 Å². The Morgan fingerprint density at radius 3 is 0.824 bits per heavy atom. The average molecular weight is 272 g/mol. The molecule has 0 N–H and O–H groups in total. The molecule has 0 bridgehead atoms. The van der Waals surface area contributed by atoms with Crippen LogP contribution in [-0.2, 0) is 14.6 Å². The minimum absolute atomic E-state index is 0. The lowest BCUT2D eigenvalue weighted by molar-refractivity contribution is -0.114. The molecule has 0 aliphatic heterocycles. The van der Waals surface area contributed by atoms with E-state index >= 15 is 0 Å². The SMILES string of the molecule is C.C.C.CC(C)(C)C.CC(C)=O.CS(C)(=O)=O. The van der Waals surface area contributed by atoms with Gasteiger partial charge < -0.3 is 4.79 Å². The number of carbonyl (C=O) groups excluding carboxylic acids is 1. The molecule has 0 saturated heterocycles. The first-order valence-corrected chi connectivity index (χ1v) is 6.65. The molecule has 0 fully saturated rings. The van der Waals surface area contributed by atoms with Gasteiger partial charge in [0.25, 0.3) is 0 Å². The number of Topliss-reactive ketones (excluding diaryl/α,β-unsaturated/α-hetero) is 1. The quantitative estimate of drug-likeness (QED) is 0.663. The van der Waals surface area contributed by atoms with E-state index in [-0.39, 0.29) is 28.1 Å². The molecule has 0 rings (SSSR count). The van der Waals surface area contributed by atoms with Crippen LogP contribution in [0.5, 0.6) is 0 Å². The van der Waals surface area contributed by atoms with Gasteiger partial charge in [-0.05, 0) is 19.3 Å². The van der Waals surface area contributed by atoms with Crippen molar-refractivity contribution in [1.82, 2.24) is 0 Å². The number of carbonyl (C=O) groups is 1. The molecule has 0 amide bonds. The van der Waals surface area contributed by atoms with Gasteiger partial charge in [0.2, 0.25) is 0 Å². The largest absolute Gasteiger partial charge is 0.300 e. The van der Waals surface area contributed by atoms with Crippen LogP contribution in [0, 0.1) is 5.41 Å². The maximum atomic E-state index is 9.63. The molecule has 4 heteroatoms. The number of hydrogen-bond acceptors (Lipinski definition) is 3. The Hall–Kier alpha value is -0.380. The summed E-state index contributed by atoms with van der Waals surface area (Å²) in [6.07, 6.45) is 2.32. The summed E-state index contributed by atoms with van der Waals surface area (Å²) in [4.78, 5) is 9.44. The fourth-order valence-electron chi connectivity index (χ4n) is 0. The van der Waals surface area contributed by atoms with Crippen molar-refractivity contribution in [3.63, 3.8) is 0 Å². The molecule has 0 saturated carbocycles. The van der Waals surface area contributed by atoms with Gasteiger partial charge in [0, 0.05) is 12.5 Å². The van der Waals surface area contributed by atoms with E-state index in [4.69, 9.17) is 0 Å². The van der Waals surface area contributed by atoms with Crippen LogP contribution < -0.4 is 0 Å². The molecule has 0 atom stereocenters. The van der Waals surface area contributed by atoms with Crippen molar-refractivity contribution in [2.75, 3.05) is 12.5 Å². The Balaban J connectivity index is -0.0000000247. The van der Waals surface area contributed by atoms with Gasteiger partial charge in [0.05, 0.1) is 0 Å². The second-order valence-corrected chi connectivity index (χ2v) is 7.34. The van der Waals surface area contributed by atoms with Crippen molar-refractivity contribution in [3.8, 4) is 0 Å². The minimum atomic E-state index is -2.67. The smallest absolute Gasteiger partial charge is 0.144 e. The molecule has 0 spiro atoms. The number of rotatable bonds is 0. The Bertz CT molecular complexity index is 216. The van der Waals surface area contributed by atoms with Crippen LogP contribution in [0.15, 0.2) is 0 Å². The first kappa shape index (κ1) is 36.0. The van der Waals surface area contributed by atoms with Crippen LogP contribution >= 0.6 is 0 Å². The van der Waals surface area contributed by atoms with E-state index in [0.29, 0.717) is 5.41 Å². The summed E-state index contributed by atoms with van der Waals surface area (Å²) >= 11 is 0. The van der Waals surface area contributed by atoms with Crippen molar-refractivity contribution in [3.05, 3.63) is 0 Å². The Labute approximate surface area is 111 Å². The molecule has 0 aromatic rings. The highest BCUT2D eigenvalue weighted by Crippen LogP contribution is 2.07. The van der Waals surface area contributed by atoms with E-state index in [0.717, 1.165) is 12.5 Å². The van der Waals surface area contributed by atoms with Crippen molar-refractivity contribution in [1.29, 1.82) is 0 Å². The van der Waals surface area contributed by atoms with Gasteiger partial charge in [0.15, 0.2) is 0 Å². The van der Waals surface area contributed by atoms with E-state index in [1.54, 1.807) is 0 Å². The molecule has 17 heavy (non-hydrogen) atoms. The van der Waals surface area contributed by atoms with Gasteiger partial charge in [-0.25, -0.2) is 8.42 Å². The van der Waals surface area contributed by atoms with Crippen molar-refractivity contribution < 1.29 is 13.2 Å². The van der Waals surface area contributed by atoms with Crippen LogP contribution in [0.4, 0.5) is 0 Å². The zero-order valence-electron chi connectivity index (χ0n) is 10.6. The summed E-state index contributed by atoms with van der Waals surface area (Å²) in [5.74, 6) is 0.167. The van der Waals surface area contributed by atoms with E-state index < -0.39 is 9.84 Å². The summed E-state index contributed by atoms with van der Waals surface area (Å²) in [7, 11) is -2.67. The van der Waals surface area contributed by atoms with Crippen molar-refractivity contribution >= 4 is 15.6 Å². The molecule has 0 aliphatic carbocycles. The van der Waals surface area contributed by atoms with E-state index in [1.807, 2.05) is 0 Å². The molecule has 0 unspecified atom stereocenters. The van der Waals surface area contributed by atoms with Gasteiger partial charge in [0.1, 0.15) is 15.6 Å². The topological polar surface area (TPSA) is 51.2 Å². The Morgan fingerprint density at radius 1 is 0.824 bits per heavy atom. The van der Waals surface area contributed by atoms with Crippen molar-refractivity contribution in [2.45, 2.75) is 63.8 Å². The molecule has 0 heterocycles. The van der Waals surface area contributed by atoms with Crippen LogP contribution in [0.25, 0.3) is 0 Å². The summed E-state index contributed by atoms with van der Waals surface area (Å²) in [6, 6.07) is 0. The lowest BCUT2D eigenvalue weighted by atomic mass is 10.0. The minimum Gasteiger partial charge on any atom is -0.300 e. The standard InChI is InChI=1S/C5H12.C3H6O.C2H6O2S.3CH4/c1-5(2,3)4;1-3(2)4;1-5(2,3)4;;;/h1-4H3;1-2H3;1-2H3;3*1H4. The van der Waals surface area contributed by atoms with Crippen LogP contribution in [0.3, 0.4) is 0 Å². The normalized spacial score (nSPS) is 8.47. The van der Waals surface area contributed by atoms with Crippen LogP contribution in [0.2, 0.25) is 0 Å². The van der Waals surface area contributed by atoms with Gasteiger partial charge in [-0.2, -0.15) is 0 Å². The highest BCUT2D eigenvalue weighted by atomic mass is 32.2. The molecule has 0 aromatic carbocycles. The predicted octanol–water partition coefficient (Wildman–Crippen LogP) is 4.22. The molecule has 0 aliphatic rings. The lowest BCUT2D eigenvalue weighted by Gasteiger charge is -2.05. The fraction of sp³-hybridized carbons (Fsp3) is 0.923. The second kappa shape index (κ2) is 15.6. The van der Waals surface area contributed by atoms with Crippen molar-refractivity contribution in [2.24, 2.45) is 5.41 Å². The maximum Gasteiger partial charge on any atom is 0.144 e. The Morgan fingerprint density at radius 2 is 0.824 bits per heavy atom. The third-order valence-corrected chi connectivity index (χ3v) is 0. The van der Waals surface area contributed by atoms with Gasteiger partial charge in [-0.15, -0.1) is 0 Å². The number of hydrogen-bond donors (Lipinski definition) is 0. The lowest BCUT2D eigenvalue weighted by Crippen LogP contribution is -1.93. The first-order chi connectivity index (χ1) is 5.73. The number of sulfone groups is 1. The highest BCUT2D eigenvalue weighted by molar-refractivity contribution is 7.89. The molecular formula is C13H36O3S. The fourth-order valence-corrected chi connectivity index (χ4v) is 0. The second-order valence-electron chi connectivity index (χ2n) is 5.05. The average Bonchev–Trinajstić information content (AvgIpc) is 1.45. The molecule has 112 valence electrons. The summed E-state index contributed by atoms with van der Waals surface area (Å²) in [6.45, 7) is 11.8. The third-order valence-electron chi connectivity index (χ3n) is 0. The van der Waals surface area contributed by atoms with Gasteiger partial charge in [-0.1, -0.05) is 50.0 Å². The van der Waals surface area contributed by atoms with Crippen LogP contribution in [0.1, 0.15) is 63.8 Å². The number of ketones is 1. The first-order valence-electron chi connectivity index (χ1n) is 4.35. The Kier molecular flexibility index (Phi) is 33.0. The summed E-state index contributed by atoms with van der Waals surface area (Å²) in [5, 5.41) is 0. The van der Waals surface area contributed by atoms with Crippen LogP contribution in [-0.4, -0.2) is 26.7 Å². The maximum absolute atomic E-state index is 9.63. The summed E-state index contributed by atoms with van der Waals surface area (Å²) < 4.78 is 19.3. The molecule has 0 aromatic heterocycles. The van der Waals surface area contributed by atoms with E-state index in [9.17, 15) is 13.2 Å². The van der Waals surface area contributed by atoms with E-state index in [2.05, 4.69) is 27.7 Å². The third kappa shape index (κ3) is 20100. The monoisotopic (exact) mass is 272 g/mol. The zero-order valence-corrected chi connectivity index (χ0v) is 11.4. The predicted molar refractivity (Wildman–Crippen MR) is 82.4 cm³/mol.